The highest BCUT2D eigenvalue weighted by Gasteiger charge is 2.19. The molecular formula is C24H26N4O. The highest BCUT2D eigenvalue weighted by molar-refractivity contribution is 6.06. The Morgan fingerprint density at radius 2 is 1.72 bits per heavy atom. The van der Waals surface area contributed by atoms with E-state index in [1.807, 2.05) is 72.6 Å². The van der Waals surface area contributed by atoms with E-state index in [-0.39, 0.29) is 5.91 Å². The third kappa shape index (κ3) is 4.63. The number of nitrogens with zero attached hydrogens (tertiary/aromatic N) is 3. The third-order valence-electron chi connectivity index (χ3n) is 5.20. The molecule has 29 heavy (non-hydrogen) atoms. The molecule has 1 aromatic heterocycles. The van der Waals surface area contributed by atoms with Crippen molar-refractivity contribution in [2.24, 2.45) is 0 Å². The summed E-state index contributed by atoms with van der Waals surface area (Å²) in [6.07, 6.45) is 1.89. The van der Waals surface area contributed by atoms with E-state index in [0.29, 0.717) is 12.1 Å². The normalized spacial score (nSPS) is 13.9. The molecular weight excluding hydrogens is 360 g/mol. The van der Waals surface area contributed by atoms with Gasteiger partial charge in [-0.05, 0) is 42.8 Å². The molecule has 0 aliphatic carbocycles. The number of aryl methyl sites for hydroxylation is 1. The Kier molecular flexibility index (Phi) is 5.86. The first-order valence-electron chi connectivity index (χ1n) is 10.0. The molecule has 0 radical (unpaired) electrons. The Morgan fingerprint density at radius 3 is 2.38 bits per heavy atom. The molecule has 3 aromatic rings. The van der Waals surface area contributed by atoms with E-state index < -0.39 is 0 Å². The lowest BCUT2D eigenvalue weighted by Gasteiger charge is -2.28. The fourth-order valence-corrected chi connectivity index (χ4v) is 3.52. The standard InChI is InChI=1S/C24H26N4O/c1-19-7-10-22(11-8-19)28(24(29)21-5-3-2-4-6-21)18-20-9-12-23(26-17-20)27-15-13-25-14-16-27/h2-12,17,25H,13-16,18H2,1H3. The quantitative estimate of drug-likeness (QED) is 0.727. The van der Waals surface area contributed by atoms with Gasteiger partial charge in [0, 0.05) is 43.6 Å². The molecule has 2 heterocycles. The van der Waals surface area contributed by atoms with Crippen LogP contribution in [0, 0.1) is 6.92 Å². The van der Waals surface area contributed by atoms with E-state index in [1.54, 1.807) is 0 Å². The highest BCUT2D eigenvalue weighted by Crippen LogP contribution is 2.22. The third-order valence-corrected chi connectivity index (χ3v) is 5.20. The first-order valence-corrected chi connectivity index (χ1v) is 10.0. The molecule has 0 saturated carbocycles. The van der Waals surface area contributed by atoms with Crippen LogP contribution in [0.1, 0.15) is 21.5 Å². The topological polar surface area (TPSA) is 48.5 Å². The summed E-state index contributed by atoms with van der Waals surface area (Å²) in [6, 6.07) is 21.6. The van der Waals surface area contributed by atoms with Crippen LogP contribution in [0.25, 0.3) is 0 Å². The van der Waals surface area contributed by atoms with E-state index in [2.05, 4.69) is 27.3 Å². The number of aromatic nitrogens is 1. The number of carbonyl (C=O) groups excluding carboxylic acids is 1. The van der Waals surface area contributed by atoms with Crippen LogP contribution < -0.4 is 15.1 Å². The number of amides is 1. The lowest BCUT2D eigenvalue weighted by Crippen LogP contribution is -2.43. The summed E-state index contributed by atoms with van der Waals surface area (Å²) in [5.74, 6) is 0.979. The van der Waals surface area contributed by atoms with Gasteiger partial charge in [0.05, 0.1) is 6.54 Å². The molecule has 0 unspecified atom stereocenters. The van der Waals surface area contributed by atoms with Gasteiger partial charge in [0.2, 0.25) is 0 Å². The lowest BCUT2D eigenvalue weighted by molar-refractivity contribution is 0.0985. The molecule has 1 saturated heterocycles. The predicted molar refractivity (Wildman–Crippen MR) is 117 cm³/mol. The zero-order valence-electron chi connectivity index (χ0n) is 16.7. The summed E-state index contributed by atoms with van der Waals surface area (Å²) >= 11 is 0. The number of benzene rings is 2. The van der Waals surface area contributed by atoms with Crippen molar-refractivity contribution >= 4 is 17.4 Å². The highest BCUT2D eigenvalue weighted by atomic mass is 16.2. The van der Waals surface area contributed by atoms with Crippen LogP contribution in [0.15, 0.2) is 72.9 Å². The monoisotopic (exact) mass is 386 g/mol. The zero-order chi connectivity index (χ0) is 20.1. The second kappa shape index (κ2) is 8.88. The van der Waals surface area contributed by atoms with Gasteiger partial charge in [0.15, 0.2) is 0 Å². The first kappa shape index (κ1) is 19.2. The van der Waals surface area contributed by atoms with Crippen LogP contribution in [0.2, 0.25) is 0 Å². The van der Waals surface area contributed by atoms with Gasteiger partial charge in [-0.25, -0.2) is 4.98 Å². The number of nitrogens with one attached hydrogen (secondary N) is 1. The molecule has 2 aromatic carbocycles. The number of hydrogen-bond donors (Lipinski definition) is 1. The molecule has 5 heteroatoms. The van der Waals surface area contributed by atoms with Crippen LogP contribution in [-0.2, 0) is 6.54 Å². The SMILES string of the molecule is Cc1ccc(N(Cc2ccc(N3CCNCC3)nc2)C(=O)c2ccccc2)cc1. The van der Waals surface area contributed by atoms with Crippen molar-refractivity contribution in [1.82, 2.24) is 10.3 Å². The largest absolute Gasteiger partial charge is 0.354 e. The van der Waals surface area contributed by atoms with E-state index >= 15 is 0 Å². The summed E-state index contributed by atoms with van der Waals surface area (Å²) in [4.78, 5) is 22.0. The van der Waals surface area contributed by atoms with Crippen molar-refractivity contribution in [2.75, 3.05) is 36.0 Å². The van der Waals surface area contributed by atoms with Crippen molar-refractivity contribution in [1.29, 1.82) is 0 Å². The molecule has 1 aliphatic heterocycles. The van der Waals surface area contributed by atoms with Crippen LogP contribution >= 0.6 is 0 Å². The van der Waals surface area contributed by atoms with E-state index in [9.17, 15) is 4.79 Å². The molecule has 4 rings (SSSR count). The molecule has 0 atom stereocenters. The number of rotatable bonds is 5. The molecule has 1 fully saturated rings. The minimum Gasteiger partial charge on any atom is -0.354 e. The number of carbonyl (C=O) groups is 1. The second-order valence-corrected chi connectivity index (χ2v) is 7.35. The van der Waals surface area contributed by atoms with Gasteiger partial charge in [-0.2, -0.15) is 0 Å². The van der Waals surface area contributed by atoms with Crippen molar-refractivity contribution in [3.63, 3.8) is 0 Å². The van der Waals surface area contributed by atoms with Crippen LogP contribution in [0.4, 0.5) is 11.5 Å². The molecule has 1 N–H and O–H groups in total. The Labute approximate surface area is 172 Å². The average Bonchev–Trinajstić information content (AvgIpc) is 2.79. The Hall–Kier alpha value is -3.18. The Bertz CT molecular complexity index is 933. The van der Waals surface area contributed by atoms with E-state index in [0.717, 1.165) is 43.2 Å². The van der Waals surface area contributed by atoms with Crippen molar-refractivity contribution in [2.45, 2.75) is 13.5 Å². The summed E-state index contributed by atoms with van der Waals surface area (Å²) in [6.45, 7) is 6.42. The number of pyridine rings is 1. The van der Waals surface area contributed by atoms with Crippen molar-refractivity contribution in [3.8, 4) is 0 Å². The number of piperazine rings is 1. The summed E-state index contributed by atoms with van der Waals surface area (Å²) < 4.78 is 0. The Morgan fingerprint density at radius 1 is 1.00 bits per heavy atom. The molecule has 0 spiro atoms. The van der Waals surface area contributed by atoms with Gasteiger partial charge in [-0.15, -0.1) is 0 Å². The van der Waals surface area contributed by atoms with Gasteiger partial charge < -0.3 is 15.1 Å². The number of anilines is 2. The van der Waals surface area contributed by atoms with Gasteiger partial charge in [-0.3, -0.25) is 4.79 Å². The lowest BCUT2D eigenvalue weighted by atomic mass is 10.1. The van der Waals surface area contributed by atoms with Crippen molar-refractivity contribution < 1.29 is 4.79 Å². The summed E-state index contributed by atoms with van der Waals surface area (Å²) in [7, 11) is 0. The van der Waals surface area contributed by atoms with Gasteiger partial charge >= 0.3 is 0 Å². The minimum absolute atomic E-state index is 0.0133. The van der Waals surface area contributed by atoms with Gasteiger partial charge in [0.1, 0.15) is 5.82 Å². The fraction of sp³-hybridized carbons (Fsp3) is 0.250. The molecule has 148 valence electrons. The number of hydrogen-bond acceptors (Lipinski definition) is 4. The maximum absolute atomic E-state index is 13.2. The molecule has 0 bridgehead atoms. The maximum atomic E-state index is 13.2. The van der Waals surface area contributed by atoms with E-state index in [4.69, 9.17) is 0 Å². The van der Waals surface area contributed by atoms with Gasteiger partial charge in [0.25, 0.3) is 5.91 Å². The predicted octanol–water partition coefficient (Wildman–Crippen LogP) is 3.65. The minimum atomic E-state index is -0.0133. The summed E-state index contributed by atoms with van der Waals surface area (Å²) in [5, 5.41) is 3.36. The molecule has 5 nitrogen and oxygen atoms in total. The van der Waals surface area contributed by atoms with Crippen molar-refractivity contribution in [3.05, 3.63) is 89.6 Å². The molecule has 1 amide bonds. The zero-order valence-corrected chi connectivity index (χ0v) is 16.7. The second-order valence-electron chi connectivity index (χ2n) is 7.35. The maximum Gasteiger partial charge on any atom is 0.258 e. The smallest absolute Gasteiger partial charge is 0.258 e. The first-order chi connectivity index (χ1) is 14.2. The summed E-state index contributed by atoms with van der Waals surface area (Å²) in [5.41, 5.74) is 3.74. The van der Waals surface area contributed by atoms with Crippen LogP contribution in [-0.4, -0.2) is 37.1 Å². The van der Waals surface area contributed by atoms with Crippen LogP contribution in [0.3, 0.4) is 0 Å². The van der Waals surface area contributed by atoms with E-state index in [1.165, 1.54) is 5.56 Å². The van der Waals surface area contributed by atoms with Gasteiger partial charge in [-0.1, -0.05) is 42.0 Å². The Balaban J connectivity index is 1.58. The van der Waals surface area contributed by atoms with Crippen LogP contribution in [0.5, 0.6) is 0 Å². The fourth-order valence-electron chi connectivity index (χ4n) is 3.52. The average molecular weight is 386 g/mol. The molecule has 1 aliphatic rings.